The molecule has 1 aromatic carbocycles. The van der Waals surface area contributed by atoms with E-state index in [4.69, 9.17) is 11.6 Å². The molecule has 0 saturated carbocycles. The molecule has 3 rings (SSSR count). The molecular formula is C13H14BrClN4. The summed E-state index contributed by atoms with van der Waals surface area (Å²) in [4.78, 5) is 0. The van der Waals surface area contributed by atoms with Gasteiger partial charge in [-0.15, -0.1) is 10.2 Å². The van der Waals surface area contributed by atoms with Crippen LogP contribution in [0.25, 0.3) is 5.69 Å². The van der Waals surface area contributed by atoms with E-state index in [9.17, 15) is 0 Å². The zero-order valence-corrected chi connectivity index (χ0v) is 13.5. The lowest BCUT2D eigenvalue weighted by Gasteiger charge is -2.35. The van der Waals surface area contributed by atoms with Crippen molar-refractivity contribution in [3.63, 3.8) is 0 Å². The first-order chi connectivity index (χ1) is 8.83. The maximum Gasteiger partial charge on any atom is 0.162 e. The number of nitrogens with zero attached hydrogens (tertiary/aromatic N) is 3. The lowest BCUT2D eigenvalue weighted by Crippen LogP contribution is -2.36. The van der Waals surface area contributed by atoms with Crippen molar-refractivity contribution in [3.05, 3.63) is 32.8 Å². The van der Waals surface area contributed by atoms with E-state index in [1.165, 1.54) is 0 Å². The van der Waals surface area contributed by atoms with Gasteiger partial charge in [0.1, 0.15) is 5.82 Å². The Labute approximate surface area is 125 Å². The third-order valence-electron chi connectivity index (χ3n) is 3.47. The quantitative estimate of drug-likeness (QED) is 0.788. The molecule has 0 atom stereocenters. The van der Waals surface area contributed by atoms with Gasteiger partial charge in [-0.2, -0.15) is 0 Å². The molecule has 4 nitrogen and oxygen atoms in total. The molecule has 0 fully saturated rings. The number of anilines is 1. The highest BCUT2D eigenvalue weighted by atomic mass is 79.9. The van der Waals surface area contributed by atoms with Gasteiger partial charge in [0.15, 0.2) is 5.82 Å². The minimum Gasteiger partial charge on any atom is -0.371 e. The second kappa shape index (κ2) is 3.96. The summed E-state index contributed by atoms with van der Waals surface area (Å²) in [6.45, 7) is 8.17. The standard InChI is InChI=1S/C13H14BrClN4/c1-6-10(14)8(15)5-9-11(6)19-7(2)17-18-12(19)13(3,4)16-9/h5,16H,1-4H3. The third kappa shape index (κ3) is 1.71. The molecule has 2 heterocycles. The van der Waals surface area contributed by atoms with Crippen molar-refractivity contribution in [1.29, 1.82) is 0 Å². The van der Waals surface area contributed by atoms with E-state index in [2.05, 4.69) is 49.9 Å². The van der Waals surface area contributed by atoms with E-state index in [0.29, 0.717) is 5.02 Å². The molecule has 0 amide bonds. The Balaban J connectivity index is 2.42. The number of hydrogen-bond acceptors (Lipinski definition) is 3. The van der Waals surface area contributed by atoms with E-state index in [1.807, 2.05) is 19.9 Å². The minimum absolute atomic E-state index is 0.280. The van der Waals surface area contributed by atoms with Crippen LogP contribution in [0.1, 0.15) is 31.1 Å². The minimum atomic E-state index is -0.280. The zero-order valence-electron chi connectivity index (χ0n) is 11.2. The van der Waals surface area contributed by atoms with Gasteiger partial charge in [0.05, 0.1) is 21.9 Å². The number of halogens is 2. The molecule has 100 valence electrons. The van der Waals surface area contributed by atoms with Crippen molar-refractivity contribution in [1.82, 2.24) is 14.8 Å². The summed E-state index contributed by atoms with van der Waals surface area (Å²) < 4.78 is 3.01. The summed E-state index contributed by atoms with van der Waals surface area (Å²) in [6.07, 6.45) is 0. The van der Waals surface area contributed by atoms with Crippen molar-refractivity contribution in [3.8, 4) is 5.69 Å². The van der Waals surface area contributed by atoms with Crippen LogP contribution in [0.2, 0.25) is 5.02 Å². The Hall–Kier alpha value is -1.07. The first-order valence-electron chi connectivity index (χ1n) is 6.02. The highest BCUT2D eigenvalue weighted by Crippen LogP contribution is 2.43. The second-order valence-corrected chi connectivity index (χ2v) is 6.55. The Morgan fingerprint density at radius 1 is 1.32 bits per heavy atom. The van der Waals surface area contributed by atoms with Crippen LogP contribution in [0, 0.1) is 13.8 Å². The van der Waals surface area contributed by atoms with Gasteiger partial charge in [-0.25, -0.2) is 0 Å². The second-order valence-electron chi connectivity index (χ2n) is 5.35. The summed E-state index contributed by atoms with van der Waals surface area (Å²) in [5, 5.41) is 12.7. The van der Waals surface area contributed by atoms with Gasteiger partial charge in [0.2, 0.25) is 0 Å². The van der Waals surface area contributed by atoms with Crippen molar-refractivity contribution >= 4 is 33.2 Å². The van der Waals surface area contributed by atoms with Gasteiger partial charge >= 0.3 is 0 Å². The van der Waals surface area contributed by atoms with Crippen molar-refractivity contribution in [2.24, 2.45) is 0 Å². The summed E-state index contributed by atoms with van der Waals surface area (Å²) in [5.74, 6) is 1.79. The van der Waals surface area contributed by atoms with E-state index >= 15 is 0 Å². The smallest absolute Gasteiger partial charge is 0.162 e. The van der Waals surface area contributed by atoms with E-state index in [1.54, 1.807) is 0 Å². The van der Waals surface area contributed by atoms with E-state index in [0.717, 1.165) is 33.1 Å². The summed E-state index contributed by atoms with van der Waals surface area (Å²) in [6, 6.07) is 1.94. The van der Waals surface area contributed by atoms with Gasteiger partial charge in [0.25, 0.3) is 0 Å². The fourth-order valence-corrected chi connectivity index (χ4v) is 3.11. The summed E-state index contributed by atoms with van der Waals surface area (Å²) >= 11 is 9.80. The van der Waals surface area contributed by atoms with Gasteiger partial charge in [-0.1, -0.05) is 11.6 Å². The Bertz CT molecular complexity index is 690. The maximum atomic E-state index is 6.26. The summed E-state index contributed by atoms with van der Waals surface area (Å²) in [7, 11) is 0. The first-order valence-corrected chi connectivity index (χ1v) is 7.19. The van der Waals surface area contributed by atoms with E-state index in [-0.39, 0.29) is 5.54 Å². The van der Waals surface area contributed by atoms with Crippen molar-refractivity contribution in [2.45, 2.75) is 33.2 Å². The van der Waals surface area contributed by atoms with Gasteiger partial charge in [0, 0.05) is 4.47 Å². The van der Waals surface area contributed by atoms with Crippen LogP contribution < -0.4 is 5.32 Å². The third-order valence-corrected chi connectivity index (χ3v) is 5.02. The highest BCUT2D eigenvalue weighted by Gasteiger charge is 2.35. The van der Waals surface area contributed by atoms with E-state index < -0.39 is 0 Å². The van der Waals surface area contributed by atoms with Crippen LogP contribution in [0.3, 0.4) is 0 Å². The molecule has 0 radical (unpaired) electrons. The molecule has 1 N–H and O–H groups in total. The molecule has 0 saturated heterocycles. The molecule has 6 heteroatoms. The maximum absolute atomic E-state index is 6.26. The fraction of sp³-hybridized carbons (Fsp3) is 0.385. The Morgan fingerprint density at radius 2 is 2.00 bits per heavy atom. The number of rotatable bonds is 0. The zero-order chi connectivity index (χ0) is 13.9. The van der Waals surface area contributed by atoms with Gasteiger partial charge in [-0.3, -0.25) is 4.57 Å². The number of nitrogens with one attached hydrogen (secondary N) is 1. The first kappa shape index (κ1) is 12.9. The molecule has 1 aliphatic heterocycles. The van der Waals surface area contributed by atoms with Crippen molar-refractivity contribution in [2.75, 3.05) is 5.32 Å². The Morgan fingerprint density at radius 3 is 2.68 bits per heavy atom. The molecule has 0 unspecified atom stereocenters. The predicted molar refractivity (Wildman–Crippen MR) is 80.2 cm³/mol. The molecule has 0 bridgehead atoms. The van der Waals surface area contributed by atoms with Crippen LogP contribution in [-0.4, -0.2) is 14.8 Å². The number of fused-ring (bicyclic) bond motifs is 3. The topological polar surface area (TPSA) is 42.7 Å². The summed E-state index contributed by atoms with van der Waals surface area (Å²) in [5.41, 5.74) is 2.87. The SMILES string of the molecule is Cc1c(Br)c(Cl)cc2c1-n1c(C)nnc1C(C)(C)N2. The van der Waals surface area contributed by atoms with Gasteiger partial charge in [-0.05, 0) is 55.3 Å². The molecular weight excluding hydrogens is 328 g/mol. The van der Waals surface area contributed by atoms with Crippen LogP contribution in [0.5, 0.6) is 0 Å². The molecule has 2 aromatic rings. The molecule has 1 aliphatic rings. The van der Waals surface area contributed by atoms with Crippen molar-refractivity contribution < 1.29 is 0 Å². The van der Waals surface area contributed by atoms with Crippen LogP contribution in [0.4, 0.5) is 5.69 Å². The number of hydrogen-bond donors (Lipinski definition) is 1. The van der Waals surface area contributed by atoms with Crippen LogP contribution in [-0.2, 0) is 5.54 Å². The molecule has 0 spiro atoms. The predicted octanol–water partition coefficient (Wildman–Crippen LogP) is 3.96. The molecule has 19 heavy (non-hydrogen) atoms. The number of aromatic nitrogens is 3. The fourth-order valence-electron chi connectivity index (χ4n) is 2.55. The van der Waals surface area contributed by atoms with Gasteiger partial charge < -0.3 is 5.32 Å². The number of aryl methyl sites for hydroxylation is 1. The molecule has 0 aliphatic carbocycles. The van der Waals surface area contributed by atoms with Crippen LogP contribution >= 0.6 is 27.5 Å². The average Bonchev–Trinajstić information content (AvgIpc) is 2.69. The lowest BCUT2D eigenvalue weighted by molar-refractivity contribution is 0.534. The lowest BCUT2D eigenvalue weighted by atomic mass is 9.98. The normalized spacial score (nSPS) is 15.7. The number of benzene rings is 1. The Kier molecular flexibility index (Phi) is 2.70. The average molecular weight is 342 g/mol. The largest absolute Gasteiger partial charge is 0.371 e. The van der Waals surface area contributed by atoms with Crippen LogP contribution in [0.15, 0.2) is 10.5 Å². The monoisotopic (exact) mass is 340 g/mol. The highest BCUT2D eigenvalue weighted by molar-refractivity contribution is 9.10. The molecule has 1 aromatic heterocycles.